The molecule has 0 spiro atoms. The van der Waals surface area contributed by atoms with Crippen LogP contribution in [0, 0.1) is 0 Å². The topological polar surface area (TPSA) is 80.4 Å². The maximum atomic E-state index is 11.2. The van der Waals surface area contributed by atoms with E-state index in [4.69, 9.17) is 10.3 Å². The van der Waals surface area contributed by atoms with Crippen LogP contribution in [-0.2, 0) is 10.1 Å². The van der Waals surface area contributed by atoms with Crippen LogP contribution in [0.3, 0.4) is 0 Å². The molecule has 100 valence electrons. The quantitative estimate of drug-likeness (QED) is 0.356. The largest absolute Gasteiger partial charge is 1.00 e. The minimum Gasteiger partial charge on any atom is -1.00 e. The van der Waals surface area contributed by atoms with Gasteiger partial charge in [-0.05, 0) is 23.3 Å². The molecule has 0 unspecified atom stereocenters. The standard InChI is InChI=1S/C14H13NO3S.Na.H/c15-13-7-3-1-5-11(13)9-10-12-6-2-4-8-14(12)19(16,17)18;;/h1-10H,15H2,(H,16,17,18);;/q;+1;-1/b10-9+;;. The molecule has 2 aromatic carbocycles. The molecule has 0 atom stereocenters. The maximum absolute atomic E-state index is 11.2. The van der Waals surface area contributed by atoms with Gasteiger partial charge in [-0.25, -0.2) is 0 Å². The third kappa shape index (κ3) is 4.19. The molecule has 0 bridgehead atoms. The summed E-state index contributed by atoms with van der Waals surface area (Å²) in [4.78, 5) is -0.124. The summed E-state index contributed by atoms with van der Waals surface area (Å²) in [6, 6.07) is 13.4. The Kier molecular flexibility index (Phi) is 5.98. The Morgan fingerprint density at radius 1 is 0.950 bits per heavy atom. The van der Waals surface area contributed by atoms with Crippen LogP contribution >= 0.6 is 0 Å². The number of rotatable bonds is 3. The van der Waals surface area contributed by atoms with Crippen molar-refractivity contribution in [2.75, 3.05) is 5.73 Å². The van der Waals surface area contributed by atoms with Crippen LogP contribution in [0.1, 0.15) is 12.6 Å². The third-order valence-corrected chi connectivity index (χ3v) is 3.56. The predicted molar refractivity (Wildman–Crippen MR) is 77.2 cm³/mol. The fraction of sp³-hybridized carbons (Fsp3) is 0. The first-order valence-corrected chi connectivity index (χ1v) is 7.01. The van der Waals surface area contributed by atoms with Crippen molar-refractivity contribution < 1.29 is 44.0 Å². The molecule has 0 amide bonds. The Bertz CT molecular complexity index is 733. The molecule has 0 aliphatic heterocycles. The summed E-state index contributed by atoms with van der Waals surface area (Å²) in [5.41, 5.74) is 7.59. The Balaban J connectivity index is 0.00000200. The van der Waals surface area contributed by atoms with Gasteiger partial charge < -0.3 is 7.16 Å². The van der Waals surface area contributed by atoms with Crippen LogP contribution in [0.25, 0.3) is 12.2 Å². The third-order valence-electron chi connectivity index (χ3n) is 2.64. The van der Waals surface area contributed by atoms with Crippen LogP contribution in [0.4, 0.5) is 5.69 Å². The number of hydrogen-bond acceptors (Lipinski definition) is 3. The van der Waals surface area contributed by atoms with Gasteiger partial charge in [0.25, 0.3) is 10.1 Å². The summed E-state index contributed by atoms with van der Waals surface area (Å²) in [6.07, 6.45) is 3.31. The van der Waals surface area contributed by atoms with Crippen molar-refractivity contribution in [3.63, 3.8) is 0 Å². The number of anilines is 1. The van der Waals surface area contributed by atoms with Crippen molar-refractivity contribution in [3.05, 3.63) is 59.7 Å². The van der Waals surface area contributed by atoms with Gasteiger partial charge >= 0.3 is 29.6 Å². The summed E-state index contributed by atoms with van der Waals surface area (Å²) in [5, 5.41) is 0. The van der Waals surface area contributed by atoms with Gasteiger partial charge in [-0.15, -0.1) is 0 Å². The number of benzene rings is 2. The molecule has 2 rings (SSSR count). The Morgan fingerprint density at radius 3 is 2.05 bits per heavy atom. The molecule has 4 nitrogen and oxygen atoms in total. The zero-order valence-corrected chi connectivity index (χ0v) is 13.8. The van der Waals surface area contributed by atoms with Gasteiger partial charge in [0.05, 0.1) is 0 Å². The van der Waals surface area contributed by atoms with Crippen LogP contribution in [0.15, 0.2) is 53.4 Å². The second-order valence-corrected chi connectivity index (χ2v) is 5.37. The number of hydrogen-bond donors (Lipinski definition) is 2. The molecule has 20 heavy (non-hydrogen) atoms. The van der Waals surface area contributed by atoms with Crippen molar-refractivity contribution in [1.82, 2.24) is 0 Å². The van der Waals surface area contributed by atoms with E-state index in [1.165, 1.54) is 6.07 Å². The Labute approximate surface area is 141 Å². The normalized spacial score (nSPS) is 11.2. The Hall–Kier alpha value is -1.11. The van der Waals surface area contributed by atoms with Gasteiger partial charge in [-0.3, -0.25) is 4.55 Å². The van der Waals surface area contributed by atoms with Gasteiger partial charge in [-0.2, -0.15) is 8.42 Å². The average Bonchev–Trinajstić information content (AvgIpc) is 2.37. The molecule has 6 heteroatoms. The molecule has 0 aliphatic rings. The fourth-order valence-corrected chi connectivity index (χ4v) is 2.38. The molecule has 0 aliphatic carbocycles. The van der Waals surface area contributed by atoms with Crippen molar-refractivity contribution >= 4 is 28.0 Å². The van der Waals surface area contributed by atoms with Gasteiger partial charge in [0, 0.05) is 5.69 Å². The van der Waals surface area contributed by atoms with E-state index in [-0.39, 0.29) is 35.9 Å². The minimum absolute atomic E-state index is 0. The molecule has 0 saturated heterocycles. The first-order chi connectivity index (χ1) is 8.98. The fourth-order valence-electron chi connectivity index (χ4n) is 1.70. The van der Waals surface area contributed by atoms with Crippen molar-refractivity contribution in [1.29, 1.82) is 0 Å². The zero-order chi connectivity index (χ0) is 13.9. The second kappa shape index (κ2) is 7.06. The number of para-hydroxylation sites is 1. The second-order valence-electron chi connectivity index (χ2n) is 3.98. The van der Waals surface area contributed by atoms with E-state index in [0.29, 0.717) is 11.3 Å². The summed E-state index contributed by atoms with van der Waals surface area (Å²) in [6.45, 7) is 0. The predicted octanol–water partition coefficient (Wildman–Crippen LogP) is -0.198. The molecule has 0 saturated carbocycles. The number of nitrogens with two attached hydrogens (primary N) is 1. The van der Waals surface area contributed by atoms with Gasteiger partial charge in [0.15, 0.2) is 0 Å². The summed E-state index contributed by atoms with van der Waals surface area (Å²) < 4.78 is 31.6. The summed E-state index contributed by atoms with van der Waals surface area (Å²) >= 11 is 0. The van der Waals surface area contributed by atoms with E-state index in [1.807, 2.05) is 18.2 Å². The molecular formula is C14H14NNaO3S. The SMILES string of the molecule is Nc1ccccc1/C=C/c1ccccc1S(=O)(=O)O.[H-].[Na+]. The van der Waals surface area contributed by atoms with E-state index >= 15 is 0 Å². The van der Waals surface area contributed by atoms with Gasteiger partial charge in [0.2, 0.25) is 0 Å². The molecule has 3 N–H and O–H groups in total. The first kappa shape index (κ1) is 16.9. The summed E-state index contributed by atoms with van der Waals surface area (Å²) in [7, 11) is -4.23. The van der Waals surface area contributed by atoms with E-state index in [2.05, 4.69) is 0 Å². The van der Waals surface area contributed by atoms with Crippen molar-refractivity contribution in [3.8, 4) is 0 Å². The Morgan fingerprint density at radius 2 is 1.45 bits per heavy atom. The van der Waals surface area contributed by atoms with Crippen molar-refractivity contribution in [2.45, 2.75) is 4.90 Å². The number of nitrogen functional groups attached to an aromatic ring is 1. The monoisotopic (exact) mass is 299 g/mol. The molecule has 0 aromatic heterocycles. The molecule has 2 aromatic rings. The molecular weight excluding hydrogens is 285 g/mol. The van der Waals surface area contributed by atoms with Crippen molar-refractivity contribution in [2.24, 2.45) is 0 Å². The van der Waals surface area contributed by atoms with E-state index in [0.717, 1.165) is 5.56 Å². The smallest absolute Gasteiger partial charge is 1.00 e. The van der Waals surface area contributed by atoms with Crippen LogP contribution in [0.2, 0.25) is 0 Å². The maximum Gasteiger partial charge on any atom is 1.00 e. The van der Waals surface area contributed by atoms with E-state index in [9.17, 15) is 8.42 Å². The van der Waals surface area contributed by atoms with E-state index in [1.54, 1.807) is 36.4 Å². The summed E-state index contributed by atoms with van der Waals surface area (Å²) in [5.74, 6) is 0. The zero-order valence-electron chi connectivity index (χ0n) is 12.0. The first-order valence-electron chi connectivity index (χ1n) is 5.57. The van der Waals surface area contributed by atoms with Gasteiger partial charge in [0.1, 0.15) is 4.90 Å². The average molecular weight is 299 g/mol. The molecule has 0 heterocycles. The van der Waals surface area contributed by atoms with Crippen LogP contribution < -0.4 is 35.3 Å². The molecule has 0 radical (unpaired) electrons. The van der Waals surface area contributed by atoms with Gasteiger partial charge in [-0.1, -0.05) is 48.6 Å². The minimum atomic E-state index is -4.23. The van der Waals surface area contributed by atoms with Crippen LogP contribution in [0.5, 0.6) is 0 Å². The van der Waals surface area contributed by atoms with Crippen LogP contribution in [-0.4, -0.2) is 13.0 Å². The molecule has 0 fully saturated rings. The van der Waals surface area contributed by atoms with E-state index < -0.39 is 10.1 Å².